The number of ether oxygens (including phenoxy) is 1. The second-order valence-corrected chi connectivity index (χ2v) is 6.11. The van der Waals surface area contributed by atoms with Crippen LogP contribution in [0.1, 0.15) is 25.7 Å². The van der Waals surface area contributed by atoms with E-state index >= 15 is 0 Å². The number of aromatic hydroxyl groups is 1. The van der Waals surface area contributed by atoms with Gasteiger partial charge in [0.1, 0.15) is 0 Å². The summed E-state index contributed by atoms with van der Waals surface area (Å²) in [5.74, 6) is 0.427. The first-order valence-electron chi connectivity index (χ1n) is 8.16. The van der Waals surface area contributed by atoms with Crippen molar-refractivity contribution in [3.63, 3.8) is 0 Å². The van der Waals surface area contributed by atoms with E-state index in [9.17, 15) is 9.90 Å². The van der Waals surface area contributed by atoms with E-state index in [4.69, 9.17) is 4.74 Å². The summed E-state index contributed by atoms with van der Waals surface area (Å²) in [5.41, 5.74) is 0. The van der Waals surface area contributed by atoms with E-state index < -0.39 is 0 Å². The molecule has 1 aromatic carbocycles. The number of benzene rings is 1. The molecule has 1 aliphatic carbocycles. The van der Waals surface area contributed by atoms with Crippen molar-refractivity contribution in [2.75, 3.05) is 32.8 Å². The van der Waals surface area contributed by atoms with Crippen LogP contribution in [0.4, 0.5) is 0 Å². The first-order valence-corrected chi connectivity index (χ1v) is 8.16. The second kappa shape index (κ2) is 7.01. The minimum absolute atomic E-state index is 0.00525. The predicted molar refractivity (Wildman–Crippen MR) is 84.0 cm³/mol. The van der Waals surface area contributed by atoms with Gasteiger partial charge in [0.05, 0.1) is 0 Å². The van der Waals surface area contributed by atoms with E-state index in [1.165, 1.54) is 25.7 Å². The van der Waals surface area contributed by atoms with Crippen LogP contribution in [0.5, 0.6) is 11.5 Å². The van der Waals surface area contributed by atoms with Crippen molar-refractivity contribution < 1.29 is 14.6 Å². The molecule has 22 heavy (non-hydrogen) atoms. The molecule has 1 N–H and O–H groups in total. The fourth-order valence-corrected chi connectivity index (χ4v) is 3.42. The Bertz CT molecular complexity index is 506. The molecular weight excluding hydrogens is 280 g/mol. The average molecular weight is 304 g/mol. The lowest BCUT2D eigenvalue weighted by molar-refractivity contribution is -0.135. The van der Waals surface area contributed by atoms with Gasteiger partial charge in [0.2, 0.25) is 0 Å². The molecule has 0 radical (unpaired) electrons. The van der Waals surface area contributed by atoms with Gasteiger partial charge in [-0.25, -0.2) is 0 Å². The normalized spacial score (nSPS) is 20.3. The van der Waals surface area contributed by atoms with Crippen LogP contribution < -0.4 is 4.74 Å². The summed E-state index contributed by atoms with van der Waals surface area (Å²) in [6, 6.07) is 7.46. The monoisotopic (exact) mass is 304 g/mol. The topological polar surface area (TPSA) is 53.0 Å². The molecule has 1 aromatic rings. The summed E-state index contributed by atoms with van der Waals surface area (Å²) in [7, 11) is 0. The number of hydrogen-bond acceptors (Lipinski definition) is 4. The van der Waals surface area contributed by atoms with Crippen molar-refractivity contribution in [1.82, 2.24) is 9.80 Å². The van der Waals surface area contributed by atoms with Gasteiger partial charge >= 0.3 is 0 Å². The lowest BCUT2D eigenvalue weighted by Crippen LogP contribution is -2.52. The van der Waals surface area contributed by atoms with E-state index in [1.54, 1.807) is 24.3 Å². The number of phenols is 1. The maximum atomic E-state index is 12.2. The summed E-state index contributed by atoms with van der Waals surface area (Å²) in [5, 5.41) is 9.63. The molecule has 0 unspecified atom stereocenters. The highest BCUT2D eigenvalue weighted by Gasteiger charge is 2.27. The molecule has 1 saturated carbocycles. The van der Waals surface area contributed by atoms with Crippen molar-refractivity contribution >= 4 is 5.91 Å². The Kier molecular flexibility index (Phi) is 4.83. The van der Waals surface area contributed by atoms with Crippen molar-refractivity contribution in [3.05, 3.63) is 24.3 Å². The van der Waals surface area contributed by atoms with Crippen molar-refractivity contribution in [1.29, 1.82) is 0 Å². The van der Waals surface area contributed by atoms with Gasteiger partial charge in [0.25, 0.3) is 5.91 Å². The Hall–Kier alpha value is -1.75. The lowest BCUT2D eigenvalue weighted by atomic mass is 10.2. The first kappa shape index (κ1) is 15.2. The van der Waals surface area contributed by atoms with Crippen LogP contribution in [0.25, 0.3) is 0 Å². The van der Waals surface area contributed by atoms with E-state index in [1.807, 2.05) is 4.90 Å². The van der Waals surface area contributed by atoms with Crippen molar-refractivity contribution in [2.24, 2.45) is 0 Å². The minimum atomic E-state index is -0.0129. The SMILES string of the molecule is O=C(COc1ccccc1O)N1CCN(C2CCCC2)CC1. The summed E-state index contributed by atoms with van der Waals surface area (Å²) in [6.07, 6.45) is 5.31. The van der Waals surface area contributed by atoms with Gasteiger partial charge in [-0.2, -0.15) is 0 Å². The smallest absolute Gasteiger partial charge is 0.260 e. The minimum Gasteiger partial charge on any atom is -0.504 e. The van der Waals surface area contributed by atoms with Crippen LogP contribution in [0.2, 0.25) is 0 Å². The standard InChI is InChI=1S/C17H24N2O3/c20-15-7-3-4-8-16(15)22-13-17(21)19-11-9-18(10-12-19)14-5-1-2-6-14/h3-4,7-8,14,20H,1-2,5-6,9-13H2. The molecule has 0 aromatic heterocycles. The van der Waals surface area contributed by atoms with E-state index in [2.05, 4.69) is 4.90 Å². The highest BCUT2D eigenvalue weighted by Crippen LogP contribution is 2.25. The third-order valence-electron chi connectivity index (χ3n) is 4.72. The van der Waals surface area contributed by atoms with Gasteiger partial charge in [0.15, 0.2) is 18.1 Å². The number of carbonyl (C=O) groups is 1. The molecule has 5 nitrogen and oxygen atoms in total. The Morgan fingerprint density at radius 3 is 2.50 bits per heavy atom. The number of hydrogen-bond donors (Lipinski definition) is 1. The fourth-order valence-electron chi connectivity index (χ4n) is 3.42. The predicted octanol–water partition coefficient (Wildman–Crippen LogP) is 1.86. The summed E-state index contributed by atoms with van der Waals surface area (Å²) in [4.78, 5) is 16.6. The number of para-hydroxylation sites is 2. The average Bonchev–Trinajstić information content (AvgIpc) is 3.08. The Labute approximate surface area is 131 Å². The molecule has 3 rings (SSSR count). The maximum Gasteiger partial charge on any atom is 0.260 e. The number of carbonyl (C=O) groups excluding carboxylic acids is 1. The molecule has 0 bridgehead atoms. The zero-order chi connectivity index (χ0) is 15.4. The summed E-state index contributed by atoms with van der Waals surface area (Å²) < 4.78 is 5.42. The molecule has 1 aliphatic heterocycles. The van der Waals surface area contributed by atoms with Gasteiger partial charge < -0.3 is 14.7 Å². The molecule has 1 saturated heterocycles. The first-order chi connectivity index (χ1) is 10.7. The van der Waals surface area contributed by atoms with Crippen LogP contribution in [0.3, 0.4) is 0 Å². The Morgan fingerprint density at radius 2 is 1.82 bits per heavy atom. The third-order valence-corrected chi connectivity index (χ3v) is 4.72. The summed E-state index contributed by atoms with van der Waals surface area (Å²) in [6.45, 7) is 3.47. The van der Waals surface area contributed by atoms with Crippen LogP contribution in [-0.2, 0) is 4.79 Å². The highest BCUT2D eigenvalue weighted by molar-refractivity contribution is 5.78. The van der Waals surface area contributed by atoms with Gasteiger partial charge in [-0.05, 0) is 25.0 Å². The maximum absolute atomic E-state index is 12.2. The second-order valence-electron chi connectivity index (χ2n) is 6.11. The van der Waals surface area contributed by atoms with Gasteiger partial charge in [0, 0.05) is 32.2 Å². The largest absolute Gasteiger partial charge is 0.504 e. The van der Waals surface area contributed by atoms with Crippen molar-refractivity contribution in [3.8, 4) is 11.5 Å². The zero-order valence-corrected chi connectivity index (χ0v) is 12.9. The number of nitrogens with zero attached hydrogens (tertiary/aromatic N) is 2. The summed E-state index contributed by atoms with van der Waals surface area (Å²) >= 11 is 0. The van der Waals surface area contributed by atoms with E-state index in [-0.39, 0.29) is 18.3 Å². The molecule has 1 amide bonds. The van der Waals surface area contributed by atoms with Crippen LogP contribution >= 0.6 is 0 Å². The van der Waals surface area contributed by atoms with Crippen LogP contribution in [-0.4, -0.2) is 59.6 Å². The molecular formula is C17H24N2O3. The van der Waals surface area contributed by atoms with E-state index in [0.29, 0.717) is 5.75 Å². The highest BCUT2D eigenvalue weighted by atomic mass is 16.5. The van der Waals surface area contributed by atoms with E-state index in [0.717, 1.165) is 32.2 Å². The number of rotatable bonds is 4. The van der Waals surface area contributed by atoms with Crippen molar-refractivity contribution in [2.45, 2.75) is 31.7 Å². The number of piperazine rings is 1. The Balaban J connectivity index is 1.45. The number of phenolic OH excluding ortho intramolecular Hbond substituents is 1. The molecule has 5 heteroatoms. The molecule has 0 spiro atoms. The molecule has 1 heterocycles. The third kappa shape index (κ3) is 3.53. The Morgan fingerprint density at radius 1 is 1.14 bits per heavy atom. The van der Waals surface area contributed by atoms with Gasteiger partial charge in [-0.3, -0.25) is 9.69 Å². The van der Waals surface area contributed by atoms with Gasteiger partial charge in [-0.15, -0.1) is 0 Å². The fraction of sp³-hybridized carbons (Fsp3) is 0.588. The van der Waals surface area contributed by atoms with Crippen LogP contribution in [0.15, 0.2) is 24.3 Å². The number of amides is 1. The molecule has 120 valence electrons. The molecule has 2 fully saturated rings. The zero-order valence-electron chi connectivity index (χ0n) is 12.9. The van der Waals surface area contributed by atoms with Crippen LogP contribution in [0, 0.1) is 0 Å². The van der Waals surface area contributed by atoms with Gasteiger partial charge in [-0.1, -0.05) is 25.0 Å². The quantitative estimate of drug-likeness (QED) is 0.922. The molecule has 0 atom stereocenters. The molecule has 2 aliphatic rings. The lowest BCUT2D eigenvalue weighted by Gasteiger charge is -2.38.